The van der Waals surface area contributed by atoms with Gasteiger partial charge in [-0.3, -0.25) is 9.36 Å². The van der Waals surface area contributed by atoms with Crippen LogP contribution in [0.2, 0.25) is 0 Å². The lowest BCUT2D eigenvalue weighted by molar-refractivity contribution is -0.116. The Morgan fingerprint density at radius 1 is 1.09 bits per heavy atom. The fourth-order valence-corrected chi connectivity index (χ4v) is 6.29. The molecule has 1 aliphatic rings. The van der Waals surface area contributed by atoms with Crippen LogP contribution in [0.5, 0.6) is 0 Å². The molecule has 0 unspecified atom stereocenters. The zero-order valence-corrected chi connectivity index (χ0v) is 20.1. The Hall–Kier alpha value is -2.91. The Labute approximate surface area is 193 Å². The van der Waals surface area contributed by atoms with Crippen molar-refractivity contribution in [1.29, 1.82) is 0 Å². The summed E-state index contributed by atoms with van der Waals surface area (Å²) in [6.45, 7) is 8.65. The van der Waals surface area contributed by atoms with Crippen molar-refractivity contribution in [1.82, 2.24) is 8.87 Å². The molecule has 2 aromatic carbocycles. The molecule has 8 nitrogen and oxygen atoms in total. The number of rotatable bonds is 5. The summed E-state index contributed by atoms with van der Waals surface area (Å²) >= 11 is 0. The number of benzene rings is 2. The van der Waals surface area contributed by atoms with Gasteiger partial charge in [-0.15, -0.1) is 0 Å². The summed E-state index contributed by atoms with van der Waals surface area (Å²) in [5.74, 6) is -0.529. The van der Waals surface area contributed by atoms with Crippen LogP contribution in [0.15, 0.2) is 50.5 Å². The zero-order chi connectivity index (χ0) is 23.9. The van der Waals surface area contributed by atoms with Crippen LogP contribution >= 0.6 is 0 Å². The number of amides is 1. The molecule has 0 saturated carbocycles. The Bertz CT molecular complexity index is 1360. The Kier molecular flexibility index (Phi) is 6.20. The molecule has 9 heteroatoms. The molecule has 2 heterocycles. The number of hydrogen-bond acceptors (Lipinski definition) is 5. The lowest BCUT2D eigenvalue weighted by Gasteiger charge is -2.34. The second-order valence-electron chi connectivity index (χ2n) is 9.22. The third-order valence-electron chi connectivity index (χ3n) is 6.07. The third-order valence-corrected chi connectivity index (χ3v) is 7.90. The van der Waals surface area contributed by atoms with Gasteiger partial charge in [0.1, 0.15) is 6.54 Å². The third kappa shape index (κ3) is 4.74. The molecule has 1 fully saturated rings. The molecule has 33 heavy (non-hydrogen) atoms. The smallest absolute Gasteiger partial charge is 0.408 e. The van der Waals surface area contributed by atoms with Crippen LogP contribution in [0.25, 0.3) is 11.1 Å². The van der Waals surface area contributed by atoms with E-state index in [9.17, 15) is 18.0 Å². The normalized spacial score (nSPS) is 19.6. The van der Waals surface area contributed by atoms with Crippen LogP contribution in [0.3, 0.4) is 0 Å². The molecule has 176 valence electrons. The minimum Gasteiger partial charge on any atom is -0.408 e. The lowest BCUT2D eigenvalue weighted by atomic mass is 9.94. The lowest BCUT2D eigenvalue weighted by Crippen LogP contribution is -2.42. The van der Waals surface area contributed by atoms with Crippen LogP contribution < -0.4 is 11.1 Å². The molecule has 1 N–H and O–H groups in total. The average molecular weight is 472 g/mol. The van der Waals surface area contributed by atoms with Crippen molar-refractivity contribution >= 4 is 32.7 Å². The number of anilines is 1. The number of nitrogens with zero attached hydrogens (tertiary/aromatic N) is 2. The summed E-state index contributed by atoms with van der Waals surface area (Å²) in [4.78, 5) is 25.1. The highest BCUT2D eigenvalue weighted by molar-refractivity contribution is 7.89. The van der Waals surface area contributed by atoms with E-state index in [1.54, 1.807) is 0 Å². The van der Waals surface area contributed by atoms with Gasteiger partial charge in [0, 0.05) is 24.8 Å². The molecule has 1 aromatic heterocycles. The Morgan fingerprint density at radius 2 is 1.79 bits per heavy atom. The highest BCUT2D eigenvalue weighted by Gasteiger charge is 2.32. The maximum Gasteiger partial charge on any atom is 0.420 e. The second kappa shape index (κ2) is 8.79. The van der Waals surface area contributed by atoms with Crippen molar-refractivity contribution in [3.8, 4) is 0 Å². The molecule has 0 radical (unpaired) electrons. The van der Waals surface area contributed by atoms with Gasteiger partial charge in [-0.05, 0) is 55.9 Å². The van der Waals surface area contributed by atoms with Crippen LogP contribution in [0.4, 0.5) is 5.69 Å². The van der Waals surface area contributed by atoms with E-state index >= 15 is 0 Å². The quantitative estimate of drug-likeness (QED) is 0.614. The van der Waals surface area contributed by atoms with Crippen molar-refractivity contribution in [2.75, 3.05) is 18.4 Å². The first-order valence-electron chi connectivity index (χ1n) is 11.0. The van der Waals surface area contributed by atoms with Gasteiger partial charge in [0.2, 0.25) is 15.9 Å². The number of carbonyl (C=O) groups is 1. The first-order chi connectivity index (χ1) is 15.5. The van der Waals surface area contributed by atoms with Gasteiger partial charge >= 0.3 is 5.76 Å². The fraction of sp³-hybridized carbons (Fsp3) is 0.417. The molecule has 1 aliphatic heterocycles. The molecule has 0 spiro atoms. The van der Waals surface area contributed by atoms with E-state index in [-0.39, 0.29) is 34.8 Å². The molecule has 2 atom stereocenters. The number of piperidine rings is 1. The predicted molar refractivity (Wildman–Crippen MR) is 127 cm³/mol. The van der Waals surface area contributed by atoms with Crippen molar-refractivity contribution in [2.24, 2.45) is 11.8 Å². The van der Waals surface area contributed by atoms with Crippen LogP contribution in [0.1, 0.15) is 31.4 Å². The minimum atomic E-state index is -3.71. The van der Waals surface area contributed by atoms with E-state index in [0.29, 0.717) is 24.3 Å². The standard InChI is InChI=1S/C24H29N3O5S/c1-15-5-7-20(18(4)10-15)25-23(28)14-27-21-8-6-19(11-22(21)32-24(27)29)33(30,31)26-12-16(2)9-17(3)13-26/h5-8,10-11,16-17H,9,12-14H2,1-4H3,(H,25,28)/t16-,17-/m0/s1. The summed E-state index contributed by atoms with van der Waals surface area (Å²) in [5.41, 5.74) is 3.18. The molecule has 0 bridgehead atoms. The number of fused-ring (bicyclic) bond motifs is 1. The van der Waals surface area contributed by atoms with Crippen LogP contribution in [0, 0.1) is 25.7 Å². The van der Waals surface area contributed by atoms with Gasteiger partial charge in [0.15, 0.2) is 5.58 Å². The number of nitrogens with one attached hydrogen (secondary N) is 1. The first kappa shape index (κ1) is 23.3. The van der Waals surface area contributed by atoms with E-state index in [0.717, 1.165) is 17.5 Å². The maximum atomic E-state index is 13.2. The summed E-state index contributed by atoms with van der Waals surface area (Å²) in [5, 5.41) is 2.81. The zero-order valence-electron chi connectivity index (χ0n) is 19.3. The summed E-state index contributed by atoms with van der Waals surface area (Å²) in [6, 6.07) is 10.0. The van der Waals surface area contributed by atoms with Gasteiger partial charge in [-0.25, -0.2) is 13.2 Å². The van der Waals surface area contributed by atoms with Crippen molar-refractivity contribution < 1.29 is 17.6 Å². The van der Waals surface area contributed by atoms with E-state index in [4.69, 9.17) is 4.42 Å². The number of sulfonamides is 1. The Balaban J connectivity index is 1.59. The number of hydrogen-bond donors (Lipinski definition) is 1. The number of oxazole rings is 1. The highest BCUT2D eigenvalue weighted by Crippen LogP contribution is 2.28. The molecule has 4 rings (SSSR count). The molecule has 3 aromatic rings. The molecule has 0 aliphatic carbocycles. The van der Waals surface area contributed by atoms with Gasteiger partial charge in [-0.1, -0.05) is 31.5 Å². The van der Waals surface area contributed by atoms with E-state index < -0.39 is 15.8 Å². The molecule has 1 amide bonds. The monoisotopic (exact) mass is 471 g/mol. The summed E-state index contributed by atoms with van der Waals surface area (Å²) < 4.78 is 34.4. The molecular weight excluding hydrogens is 442 g/mol. The van der Waals surface area contributed by atoms with Crippen molar-refractivity contribution in [3.63, 3.8) is 0 Å². The number of aryl methyl sites for hydroxylation is 2. The maximum absolute atomic E-state index is 13.2. The van der Waals surface area contributed by atoms with E-state index in [1.807, 2.05) is 45.9 Å². The second-order valence-corrected chi connectivity index (χ2v) is 11.2. The van der Waals surface area contributed by atoms with Crippen LogP contribution in [-0.2, 0) is 21.4 Å². The first-order valence-corrected chi connectivity index (χ1v) is 12.5. The Morgan fingerprint density at radius 3 is 2.45 bits per heavy atom. The van der Waals surface area contributed by atoms with E-state index in [1.165, 1.54) is 27.1 Å². The number of carbonyl (C=O) groups excluding carboxylic acids is 1. The molecule has 1 saturated heterocycles. The fourth-order valence-electron chi connectivity index (χ4n) is 4.60. The largest absolute Gasteiger partial charge is 0.420 e. The summed E-state index contributed by atoms with van der Waals surface area (Å²) in [7, 11) is -3.71. The van der Waals surface area contributed by atoms with Gasteiger partial charge < -0.3 is 9.73 Å². The highest BCUT2D eigenvalue weighted by atomic mass is 32.2. The summed E-state index contributed by atoms with van der Waals surface area (Å²) in [6.07, 6.45) is 0.993. The number of aromatic nitrogens is 1. The van der Waals surface area contributed by atoms with Gasteiger partial charge in [0.25, 0.3) is 0 Å². The predicted octanol–water partition coefficient (Wildman–Crippen LogP) is 3.52. The minimum absolute atomic E-state index is 0.0805. The molecular formula is C24H29N3O5S. The average Bonchev–Trinajstić information content (AvgIpc) is 3.03. The van der Waals surface area contributed by atoms with Gasteiger partial charge in [0.05, 0.1) is 10.4 Å². The van der Waals surface area contributed by atoms with Crippen LogP contribution in [-0.4, -0.2) is 36.3 Å². The van der Waals surface area contributed by atoms with Crippen molar-refractivity contribution in [3.05, 3.63) is 58.1 Å². The van der Waals surface area contributed by atoms with Crippen molar-refractivity contribution in [2.45, 2.75) is 45.6 Å². The van der Waals surface area contributed by atoms with Gasteiger partial charge in [-0.2, -0.15) is 4.31 Å². The topological polar surface area (TPSA) is 102 Å². The van der Waals surface area contributed by atoms with E-state index in [2.05, 4.69) is 5.32 Å². The SMILES string of the molecule is Cc1ccc(NC(=O)Cn2c(=O)oc3cc(S(=O)(=O)N4C[C@@H](C)C[C@H](C)C4)ccc32)c(C)c1.